The Morgan fingerprint density at radius 2 is 0.786 bits per heavy atom. The normalized spacial score (nSPS) is 6.86. The Balaban J connectivity index is 0. The topological polar surface area (TPSA) is 0 Å². The molecule has 1 heteroatoms. The molecule has 2 aromatic rings. The van der Waals surface area contributed by atoms with Crippen LogP contribution in [0.5, 0.6) is 0 Å². The zero-order chi connectivity index (χ0) is 8.49. The molecule has 14 heavy (non-hydrogen) atoms. The second-order valence-corrected chi connectivity index (χ2v) is 2.15. The number of hydrogen-bond acceptors (Lipinski definition) is 0. The van der Waals surface area contributed by atoms with Gasteiger partial charge in [-0.05, 0) is 0 Å². The third kappa shape index (κ3) is 9.40. The zero-order valence-corrected chi connectivity index (χ0v) is 11.9. The van der Waals surface area contributed by atoms with E-state index in [4.69, 9.17) is 0 Å². The van der Waals surface area contributed by atoms with Crippen molar-refractivity contribution in [2.24, 2.45) is 0 Å². The molecule has 0 fully saturated rings. The maximum absolute atomic E-state index is 2.89. The van der Waals surface area contributed by atoms with E-state index in [0.717, 1.165) is 0 Å². The molecule has 0 aliphatic carbocycles. The first-order chi connectivity index (χ1) is 6.00. The molecule has 0 heterocycles. The minimum absolute atomic E-state index is 0. The van der Waals surface area contributed by atoms with Crippen LogP contribution in [-0.2, 0) is 25.8 Å². The van der Waals surface area contributed by atoms with Gasteiger partial charge in [0.2, 0.25) is 0 Å². The molecular formula is C13H13Hf-3. The van der Waals surface area contributed by atoms with Crippen molar-refractivity contribution in [3.05, 3.63) is 80.2 Å². The van der Waals surface area contributed by atoms with Crippen LogP contribution in [0.25, 0.3) is 0 Å². The van der Waals surface area contributed by atoms with E-state index in [9.17, 15) is 0 Å². The van der Waals surface area contributed by atoms with Crippen LogP contribution >= 0.6 is 0 Å². The van der Waals surface area contributed by atoms with Crippen LogP contribution in [0.3, 0.4) is 0 Å². The van der Waals surface area contributed by atoms with Gasteiger partial charge in [0.25, 0.3) is 0 Å². The van der Waals surface area contributed by atoms with E-state index >= 15 is 0 Å². The smallest absolute Gasteiger partial charge is 0 e. The van der Waals surface area contributed by atoms with Gasteiger partial charge in [0.05, 0.1) is 0 Å². The molecule has 0 aliphatic rings. The van der Waals surface area contributed by atoms with Crippen LogP contribution in [0.15, 0.2) is 60.7 Å². The molecule has 72 valence electrons. The van der Waals surface area contributed by atoms with Gasteiger partial charge in [-0.2, -0.15) is 72.8 Å². The van der Waals surface area contributed by atoms with Crippen molar-refractivity contribution in [2.45, 2.75) is 0 Å². The van der Waals surface area contributed by atoms with Crippen molar-refractivity contribution in [1.29, 1.82) is 0 Å². The fraction of sp³-hybridized carbons (Fsp3) is 0. The van der Waals surface area contributed by atoms with Gasteiger partial charge in [0.15, 0.2) is 0 Å². The summed E-state index contributed by atoms with van der Waals surface area (Å²) < 4.78 is 0. The fourth-order valence-electron chi connectivity index (χ4n) is 0.684. The van der Waals surface area contributed by atoms with E-state index in [2.05, 4.69) is 12.1 Å². The van der Waals surface area contributed by atoms with E-state index in [1.54, 1.807) is 0 Å². The first kappa shape index (κ1) is 15.8. The summed E-state index contributed by atoms with van der Waals surface area (Å²) in [5.41, 5.74) is 0. The summed E-state index contributed by atoms with van der Waals surface area (Å²) in [5, 5.41) is 0. The largest absolute Gasteiger partial charge is 0.358 e. The Bertz CT molecular complexity index is 181. The molecule has 0 unspecified atom stereocenters. The van der Waals surface area contributed by atoms with Crippen LogP contribution < -0.4 is 0 Å². The van der Waals surface area contributed by atoms with Crippen LogP contribution in [-0.4, -0.2) is 0 Å². The summed E-state index contributed by atoms with van der Waals surface area (Å²) >= 11 is 0. The molecule has 0 saturated heterocycles. The third-order valence-electron chi connectivity index (χ3n) is 1.21. The molecule has 0 atom stereocenters. The Morgan fingerprint density at radius 3 is 0.857 bits per heavy atom. The molecule has 0 nitrogen and oxygen atoms in total. The van der Waals surface area contributed by atoms with Crippen molar-refractivity contribution >= 4 is 0 Å². The molecule has 2 aromatic carbocycles. The predicted molar refractivity (Wildman–Crippen MR) is 57.0 cm³/mol. The fourth-order valence-corrected chi connectivity index (χ4v) is 0.684. The Labute approximate surface area is 106 Å². The molecule has 2 rings (SSSR count). The Kier molecular flexibility index (Phi) is 13.9. The third-order valence-corrected chi connectivity index (χ3v) is 1.21. The number of benzene rings is 2. The molecule has 0 saturated carbocycles. The van der Waals surface area contributed by atoms with Gasteiger partial charge in [-0.3, -0.25) is 0 Å². The molecule has 0 N–H and O–H groups in total. The van der Waals surface area contributed by atoms with Gasteiger partial charge in [-0.25, -0.2) is 0 Å². The number of hydrogen-bond donors (Lipinski definition) is 0. The maximum atomic E-state index is 2.89. The molecule has 0 amide bonds. The van der Waals surface area contributed by atoms with Crippen LogP contribution in [0.1, 0.15) is 0 Å². The summed E-state index contributed by atoms with van der Waals surface area (Å²) in [6.07, 6.45) is 0. The minimum Gasteiger partial charge on any atom is -0.358 e. The van der Waals surface area contributed by atoms with E-state index in [1.165, 1.54) is 0 Å². The average molecular weight is 348 g/mol. The summed E-state index contributed by atoms with van der Waals surface area (Å²) in [6, 6.07) is 25.0. The van der Waals surface area contributed by atoms with Gasteiger partial charge in [0, 0.05) is 25.8 Å². The first-order valence-electron chi connectivity index (χ1n) is 3.82. The second-order valence-electron chi connectivity index (χ2n) is 2.15. The summed E-state index contributed by atoms with van der Waals surface area (Å²) in [4.78, 5) is 0. The predicted octanol–water partition coefficient (Wildman–Crippen LogP) is 3.42. The standard InChI is InChI=1S/2C6H5.CH3.Hf/c2*1-2-4-6-5-3-1;;/h2*1-5H;1H3;/q3*-1;. The van der Waals surface area contributed by atoms with Crippen LogP contribution in [0.2, 0.25) is 0 Å². The van der Waals surface area contributed by atoms with Crippen LogP contribution in [0, 0.1) is 19.6 Å². The van der Waals surface area contributed by atoms with Crippen molar-refractivity contribution in [3.8, 4) is 0 Å². The van der Waals surface area contributed by atoms with E-state index in [0.29, 0.717) is 0 Å². The van der Waals surface area contributed by atoms with E-state index in [-0.39, 0.29) is 33.3 Å². The van der Waals surface area contributed by atoms with Gasteiger partial charge in [-0.15, -0.1) is 0 Å². The van der Waals surface area contributed by atoms with Gasteiger partial charge >= 0.3 is 0 Å². The monoisotopic (exact) mass is 349 g/mol. The zero-order valence-electron chi connectivity index (χ0n) is 8.27. The average Bonchev–Trinajstić information content (AvgIpc) is 2.24. The molecule has 0 bridgehead atoms. The van der Waals surface area contributed by atoms with E-state index in [1.807, 2.05) is 60.7 Å². The van der Waals surface area contributed by atoms with Gasteiger partial charge in [0.1, 0.15) is 0 Å². The summed E-state index contributed by atoms with van der Waals surface area (Å²) in [6.45, 7) is 0. The van der Waals surface area contributed by atoms with Crippen LogP contribution in [0.4, 0.5) is 0 Å². The maximum Gasteiger partial charge on any atom is 0 e. The summed E-state index contributed by atoms with van der Waals surface area (Å²) in [5.74, 6) is 0. The Hall–Kier alpha value is -0.690. The van der Waals surface area contributed by atoms with Gasteiger partial charge in [-0.1, -0.05) is 0 Å². The SMILES string of the molecule is [CH3-].[Hf].[c-]1ccccc1.[c-]1ccccc1. The quantitative estimate of drug-likeness (QED) is 0.506. The molecule has 0 aromatic heterocycles. The first-order valence-corrected chi connectivity index (χ1v) is 3.82. The second kappa shape index (κ2) is 12.3. The number of rotatable bonds is 0. The minimum atomic E-state index is 0. The van der Waals surface area contributed by atoms with Gasteiger partial charge < -0.3 is 7.43 Å². The Morgan fingerprint density at radius 1 is 0.500 bits per heavy atom. The molecular weight excluding hydrogens is 335 g/mol. The van der Waals surface area contributed by atoms with Crippen molar-refractivity contribution in [1.82, 2.24) is 0 Å². The van der Waals surface area contributed by atoms with Crippen molar-refractivity contribution < 1.29 is 25.8 Å². The molecule has 0 aliphatic heterocycles. The summed E-state index contributed by atoms with van der Waals surface area (Å²) in [7, 11) is 0. The molecule has 0 spiro atoms. The van der Waals surface area contributed by atoms with E-state index < -0.39 is 0 Å². The van der Waals surface area contributed by atoms with Crippen molar-refractivity contribution in [2.75, 3.05) is 0 Å². The molecule has 0 radical (unpaired) electrons. The van der Waals surface area contributed by atoms with Crippen molar-refractivity contribution in [3.63, 3.8) is 0 Å².